The molecule has 1 saturated heterocycles. The van der Waals surface area contributed by atoms with E-state index < -0.39 is 59.9 Å². The molecular formula is C57H113NO11S. The Morgan fingerprint density at radius 2 is 0.829 bits per heavy atom. The molecule has 0 bridgehead atoms. The molecule has 0 aromatic rings. The minimum absolute atomic E-state index is 0.221. The molecule has 418 valence electrons. The van der Waals surface area contributed by atoms with E-state index in [-0.39, 0.29) is 12.5 Å². The number of amides is 1. The fourth-order valence-corrected chi connectivity index (χ4v) is 10.6. The second-order valence-corrected chi connectivity index (χ2v) is 22.4. The molecule has 1 heterocycles. The minimum atomic E-state index is -5.08. The lowest BCUT2D eigenvalue weighted by atomic mass is 9.99. The quantitative estimate of drug-likeness (QED) is 0.0251. The Morgan fingerprint density at radius 1 is 0.514 bits per heavy atom. The van der Waals surface area contributed by atoms with Gasteiger partial charge in [-0.15, -0.1) is 0 Å². The van der Waals surface area contributed by atoms with E-state index in [1.165, 1.54) is 225 Å². The standard InChI is InChI=1S/C57H113NO11S/c1-3-5-7-9-11-13-15-17-19-21-23-25-27-29-31-33-35-37-39-41-43-45-47-53(61)58-50(49-67-57-55(63)56(69-70(64,65)66)54(62)52(48-59)68-57)51(60)46-44-42-40-38-36-34-32-30-28-26-24-22-20-18-16-14-12-10-8-6-4-2/h50-52,54-57,59-60,62-63H,3-49H2,1-2H3,(H,58,61)(H,64,65,66). The molecule has 7 atom stereocenters. The molecule has 6 N–H and O–H groups in total. The van der Waals surface area contributed by atoms with Gasteiger partial charge in [-0.2, -0.15) is 8.42 Å². The van der Waals surface area contributed by atoms with Crippen LogP contribution in [0.15, 0.2) is 0 Å². The third-order valence-corrected chi connectivity index (χ3v) is 15.1. The second-order valence-electron chi connectivity index (χ2n) is 21.3. The summed E-state index contributed by atoms with van der Waals surface area (Å²) in [5, 5.41) is 45.2. The smallest absolute Gasteiger partial charge is 0.394 e. The Balaban J connectivity index is 2.33. The zero-order chi connectivity index (χ0) is 51.2. The summed E-state index contributed by atoms with van der Waals surface area (Å²) in [6.07, 6.45) is 46.8. The van der Waals surface area contributed by atoms with Crippen LogP contribution < -0.4 is 5.32 Å². The highest BCUT2D eigenvalue weighted by atomic mass is 32.3. The van der Waals surface area contributed by atoms with Crippen molar-refractivity contribution in [1.82, 2.24) is 5.32 Å². The third-order valence-electron chi connectivity index (χ3n) is 14.7. The van der Waals surface area contributed by atoms with Crippen molar-refractivity contribution in [2.75, 3.05) is 13.2 Å². The van der Waals surface area contributed by atoms with Gasteiger partial charge in [-0.1, -0.05) is 284 Å². The van der Waals surface area contributed by atoms with E-state index in [4.69, 9.17) is 9.47 Å². The summed E-state index contributed by atoms with van der Waals surface area (Å²) in [4.78, 5) is 13.2. The summed E-state index contributed by atoms with van der Waals surface area (Å²) in [5.41, 5.74) is 0. The van der Waals surface area contributed by atoms with Crippen molar-refractivity contribution in [2.24, 2.45) is 0 Å². The molecule has 0 aromatic carbocycles. The molecule has 0 radical (unpaired) electrons. The van der Waals surface area contributed by atoms with Crippen LogP contribution in [0.2, 0.25) is 0 Å². The van der Waals surface area contributed by atoms with Crippen molar-refractivity contribution in [2.45, 2.75) is 346 Å². The van der Waals surface area contributed by atoms with Crippen molar-refractivity contribution in [3.8, 4) is 0 Å². The number of aliphatic hydroxyl groups is 4. The molecule has 1 aliphatic rings. The van der Waals surface area contributed by atoms with E-state index in [1.807, 2.05) is 0 Å². The lowest BCUT2D eigenvalue weighted by Gasteiger charge is -2.41. The molecule has 1 aliphatic heterocycles. The van der Waals surface area contributed by atoms with Gasteiger partial charge < -0.3 is 35.2 Å². The first-order chi connectivity index (χ1) is 34.0. The summed E-state index contributed by atoms with van der Waals surface area (Å²) in [6.45, 7) is 3.51. The van der Waals surface area contributed by atoms with Gasteiger partial charge in [0.25, 0.3) is 0 Å². The van der Waals surface area contributed by atoms with Gasteiger partial charge in [-0.05, 0) is 12.8 Å². The number of carbonyl (C=O) groups is 1. The van der Waals surface area contributed by atoms with E-state index in [0.29, 0.717) is 12.8 Å². The van der Waals surface area contributed by atoms with Gasteiger partial charge in [-0.25, -0.2) is 4.18 Å². The Hall–Kier alpha value is -0.900. The average Bonchev–Trinajstić information content (AvgIpc) is 3.33. The van der Waals surface area contributed by atoms with Crippen molar-refractivity contribution < 1.29 is 51.8 Å². The van der Waals surface area contributed by atoms with Gasteiger partial charge in [-0.3, -0.25) is 9.35 Å². The van der Waals surface area contributed by atoms with E-state index in [1.54, 1.807) is 0 Å². The Labute approximate surface area is 430 Å². The van der Waals surface area contributed by atoms with Gasteiger partial charge in [0.2, 0.25) is 5.91 Å². The second kappa shape index (κ2) is 47.8. The van der Waals surface area contributed by atoms with Crippen LogP contribution in [0.25, 0.3) is 0 Å². The zero-order valence-electron chi connectivity index (χ0n) is 45.4. The van der Waals surface area contributed by atoms with Gasteiger partial charge >= 0.3 is 10.4 Å². The molecule has 12 nitrogen and oxygen atoms in total. The van der Waals surface area contributed by atoms with Crippen LogP contribution in [0.3, 0.4) is 0 Å². The van der Waals surface area contributed by atoms with Crippen LogP contribution in [-0.2, 0) is 28.9 Å². The van der Waals surface area contributed by atoms with Crippen LogP contribution in [0.1, 0.15) is 303 Å². The highest BCUT2D eigenvalue weighted by Gasteiger charge is 2.48. The summed E-state index contributed by atoms with van der Waals surface area (Å²) < 4.78 is 48.0. The fourth-order valence-electron chi connectivity index (χ4n) is 10.1. The van der Waals surface area contributed by atoms with Crippen molar-refractivity contribution in [3.63, 3.8) is 0 Å². The number of nitrogens with one attached hydrogen (secondary N) is 1. The predicted molar refractivity (Wildman–Crippen MR) is 287 cm³/mol. The first kappa shape index (κ1) is 67.1. The summed E-state index contributed by atoms with van der Waals surface area (Å²) in [6, 6.07) is -0.853. The lowest BCUT2D eigenvalue weighted by Crippen LogP contribution is -2.61. The Morgan fingerprint density at radius 3 is 1.14 bits per heavy atom. The number of aliphatic hydroxyl groups excluding tert-OH is 4. The molecule has 0 saturated carbocycles. The minimum Gasteiger partial charge on any atom is -0.394 e. The van der Waals surface area contributed by atoms with Gasteiger partial charge in [0.1, 0.15) is 24.4 Å². The topological polar surface area (TPSA) is 192 Å². The van der Waals surface area contributed by atoms with E-state index >= 15 is 0 Å². The van der Waals surface area contributed by atoms with Crippen LogP contribution in [0, 0.1) is 0 Å². The van der Waals surface area contributed by atoms with Crippen LogP contribution in [0.5, 0.6) is 0 Å². The lowest BCUT2D eigenvalue weighted by molar-refractivity contribution is -0.298. The molecular weight excluding hydrogens is 907 g/mol. The molecule has 0 aromatic heterocycles. The van der Waals surface area contributed by atoms with Crippen molar-refractivity contribution >= 4 is 16.3 Å². The largest absolute Gasteiger partial charge is 0.397 e. The number of hydrogen-bond acceptors (Lipinski definition) is 10. The van der Waals surface area contributed by atoms with Crippen LogP contribution in [0.4, 0.5) is 0 Å². The highest BCUT2D eigenvalue weighted by molar-refractivity contribution is 7.80. The molecule has 0 spiro atoms. The summed E-state index contributed by atoms with van der Waals surface area (Å²) in [5.74, 6) is -0.221. The number of hydrogen-bond donors (Lipinski definition) is 6. The van der Waals surface area contributed by atoms with Crippen molar-refractivity contribution in [3.05, 3.63) is 0 Å². The summed E-state index contributed by atoms with van der Waals surface area (Å²) in [7, 11) is -5.08. The van der Waals surface area contributed by atoms with E-state index in [2.05, 4.69) is 23.3 Å². The number of rotatable bonds is 53. The SMILES string of the molecule is CCCCCCCCCCCCCCCCCCCCCCCCC(=O)NC(COC1OC(CO)C(O)C(OS(=O)(=O)O)C1O)C(O)CCCCCCCCCCCCCCCCCCCCCCC. The van der Waals surface area contributed by atoms with Crippen LogP contribution in [-0.4, -0.2) is 95.4 Å². The van der Waals surface area contributed by atoms with E-state index in [0.717, 1.165) is 51.4 Å². The molecule has 0 aliphatic carbocycles. The Bertz CT molecular complexity index is 1240. The number of ether oxygens (including phenoxy) is 2. The Kier molecular flexibility index (Phi) is 45.8. The highest BCUT2D eigenvalue weighted by Crippen LogP contribution is 2.26. The third kappa shape index (κ3) is 39.5. The number of carbonyl (C=O) groups excluding carboxylic acids is 1. The van der Waals surface area contributed by atoms with Gasteiger partial charge in [0.05, 0.1) is 25.4 Å². The monoisotopic (exact) mass is 1020 g/mol. The fraction of sp³-hybridized carbons (Fsp3) is 0.982. The number of unbranched alkanes of at least 4 members (excludes halogenated alkanes) is 41. The van der Waals surface area contributed by atoms with Gasteiger partial charge in [0.15, 0.2) is 6.29 Å². The molecule has 1 rings (SSSR count). The first-order valence-corrected chi connectivity index (χ1v) is 31.3. The van der Waals surface area contributed by atoms with Gasteiger partial charge in [0, 0.05) is 6.42 Å². The maximum atomic E-state index is 13.2. The van der Waals surface area contributed by atoms with Crippen molar-refractivity contribution in [1.29, 1.82) is 0 Å². The predicted octanol–water partition coefficient (Wildman–Crippen LogP) is 14.1. The molecule has 13 heteroatoms. The average molecular weight is 1020 g/mol. The van der Waals surface area contributed by atoms with E-state index in [9.17, 15) is 38.2 Å². The molecule has 70 heavy (non-hydrogen) atoms. The normalized spacial score (nSPS) is 19.4. The summed E-state index contributed by atoms with van der Waals surface area (Å²) >= 11 is 0. The molecule has 7 unspecified atom stereocenters. The maximum absolute atomic E-state index is 13.2. The molecule has 1 fully saturated rings. The van der Waals surface area contributed by atoms with Crippen LogP contribution >= 0.6 is 0 Å². The molecule has 1 amide bonds. The first-order valence-electron chi connectivity index (χ1n) is 29.9. The zero-order valence-corrected chi connectivity index (χ0v) is 46.2. The maximum Gasteiger partial charge on any atom is 0.397 e.